The van der Waals surface area contributed by atoms with Gasteiger partial charge in [0.15, 0.2) is 5.69 Å². The lowest BCUT2D eigenvalue weighted by molar-refractivity contribution is 0.0593. The van der Waals surface area contributed by atoms with Crippen LogP contribution in [-0.2, 0) is 11.3 Å². The van der Waals surface area contributed by atoms with Crippen molar-refractivity contribution < 1.29 is 18.3 Å². The molecule has 5 nitrogen and oxygen atoms in total. The van der Waals surface area contributed by atoms with Crippen molar-refractivity contribution in [2.24, 2.45) is 0 Å². The molecule has 0 unspecified atom stereocenters. The maximum atomic E-state index is 13.4. The van der Waals surface area contributed by atoms with Gasteiger partial charge in [0.05, 0.1) is 7.11 Å². The van der Waals surface area contributed by atoms with Crippen LogP contribution in [0.25, 0.3) is 0 Å². The average Bonchev–Trinajstić information content (AvgIpc) is 2.46. The fourth-order valence-corrected chi connectivity index (χ4v) is 1.49. The Balaban J connectivity index is 2.02. The lowest BCUT2D eigenvalue weighted by Crippen LogP contribution is -2.08. The third kappa shape index (κ3) is 3.25. The van der Waals surface area contributed by atoms with Gasteiger partial charge in [-0.3, -0.25) is 0 Å². The van der Waals surface area contributed by atoms with Crippen molar-refractivity contribution in [3.8, 4) is 0 Å². The number of nitrogens with one attached hydrogen (secondary N) is 1. The molecule has 0 aliphatic rings. The number of rotatable bonds is 4. The maximum Gasteiger partial charge on any atom is 0.358 e. The van der Waals surface area contributed by atoms with Gasteiger partial charge in [0.25, 0.3) is 0 Å². The Bertz CT molecular complexity index is 618. The number of anilines is 1. The van der Waals surface area contributed by atoms with Crippen molar-refractivity contribution in [3.05, 3.63) is 53.2 Å². The van der Waals surface area contributed by atoms with Crippen LogP contribution in [0.4, 0.5) is 14.6 Å². The van der Waals surface area contributed by atoms with Crippen molar-refractivity contribution in [1.29, 1.82) is 0 Å². The molecular formula is C13H11F2N3O2. The number of carbonyl (C=O) groups excluding carboxylic acids is 1. The zero-order valence-corrected chi connectivity index (χ0v) is 10.6. The van der Waals surface area contributed by atoms with Gasteiger partial charge in [-0.1, -0.05) is 6.07 Å². The fraction of sp³-hybridized carbons (Fsp3) is 0.154. The van der Waals surface area contributed by atoms with Crippen LogP contribution in [0.2, 0.25) is 0 Å². The largest absolute Gasteiger partial charge is 0.464 e. The molecule has 0 radical (unpaired) electrons. The number of benzene rings is 1. The number of hydrogen-bond acceptors (Lipinski definition) is 5. The van der Waals surface area contributed by atoms with Gasteiger partial charge >= 0.3 is 5.97 Å². The summed E-state index contributed by atoms with van der Waals surface area (Å²) in [7, 11) is 1.24. The van der Waals surface area contributed by atoms with Crippen molar-refractivity contribution >= 4 is 11.8 Å². The molecule has 0 spiro atoms. The van der Waals surface area contributed by atoms with Gasteiger partial charge in [-0.15, -0.1) is 10.2 Å². The first kappa shape index (κ1) is 13.9. The van der Waals surface area contributed by atoms with Crippen LogP contribution in [0.1, 0.15) is 16.1 Å². The number of nitrogens with zero attached hydrogens (tertiary/aromatic N) is 2. The van der Waals surface area contributed by atoms with E-state index in [2.05, 4.69) is 20.3 Å². The number of hydrogen-bond donors (Lipinski definition) is 1. The molecule has 0 fully saturated rings. The van der Waals surface area contributed by atoms with Crippen LogP contribution in [0, 0.1) is 11.6 Å². The Morgan fingerprint density at radius 3 is 2.65 bits per heavy atom. The highest BCUT2D eigenvalue weighted by molar-refractivity contribution is 5.86. The topological polar surface area (TPSA) is 64.1 Å². The first-order valence-corrected chi connectivity index (χ1v) is 5.70. The zero-order valence-electron chi connectivity index (χ0n) is 10.6. The molecule has 0 atom stereocenters. The molecule has 1 heterocycles. The summed E-state index contributed by atoms with van der Waals surface area (Å²) in [6.07, 6.45) is 0. The van der Waals surface area contributed by atoms with Crippen molar-refractivity contribution in [2.75, 3.05) is 12.4 Å². The summed E-state index contributed by atoms with van der Waals surface area (Å²) in [5.41, 5.74) is 0.372. The van der Waals surface area contributed by atoms with E-state index >= 15 is 0 Å². The monoisotopic (exact) mass is 279 g/mol. The van der Waals surface area contributed by atoms with E-state index in [1.165, 1.54) is 31.4 Å². The summed E-state index contributed by atoms with van der Waals surface area (Å²) >= 11 is 0. The Labute approximate surface area is 113 Å². The molecule has 0 bridgehead atoms. The Hall–Kier alpha value is -2.57. The molecule has 1 aromatic carbocycles. The first-order valence-electron chi connectivity index (χ1n) is 5.70. The molecular weight excluding hydrogens is 268 g/mol. The fourth-order valence-electron chi connectivity index (χ4n) is 1.49. The predicted molar refractivity (Wildman–Crippen MR) is 67.1 cm³/mol. The molecule has 20 heavy (non-hydrogen) atoms. The van der Waals surface area contributed by atoms with Crippen LogP contribution >= 0.6 is 0 Å². The van der Waals surface area contributed by atoms with Gasteiger partial charge in [-0.25, -0.2) is 13.6 Å². The quantitative estimate of drug-likeness (QED) is 0.869. The van der Waals surface area contributed by atoms with E-state index in [9.17, 15) is 13.6 Å². The maximum absolute atomic E-state index is 13.4. The normalized spacial score (nSPS) is 10.2. The van der Waals surface area contributed by atoms with E-state index in [1.54, 1.807) is 0 Å². The SMILES string of the molecule is COC(=O)c1ccc(NCc2ccc(F)cc2F)nn1. The van der Waals surface area contributed by atoms with Crippen LogP contribution in [0.3, 0.4) is 0 Å². The van der Waals surface area contributed by atoms with E-state index in [4.69, 9.17) is 0 Å². The number of carbonyl (C=O) groups is 1. The highest BCUT2D eigenvalue weighted by atomic mass is 19.1. The Morgan fingerprint density at radius 1 is 1.25 bits per heavy atom. The highest BCUT2D eigenvalue weighted by Crippen LogP contribution is 2.11. The lowest BCUT2D eigenvalue weighted by Gasteiger charge is -2.06. The van der Waals surface area contributed by atoms with Crippen LogP contribution in [-0.4, -0.2) is 23.3 Å². The molecule has 0 saturated heterocycles. The molecule has 1 N–H and O–H groups in total. The second-order valence-electron chi connectivity index (χ2n) is 3.88. The summed E-state index contributed by atoms with van der Waals surface area (Å²) in [6, 6.07) is 6.27. The number of ether oxygens (including phenoxy) is 1. The number of halogens is 2. The van der Waals surface area contributed by atoms with Gasteiger partial charge in [-0.2, -0.15) is 0 Å². The van der Waals surface area contributed by atoms with E-state index in [-0.39, 0.29) is 12.2 Å². The second-order valence-corrected chi connectivity index (χ2v) is 3.88. The second kappa shape index (κ2) is 6.05. The van der Waals surface area contributed by atoms with Gasteiger partial charge < -0.3 is 10.1 Å². The highest BCUT2D eigenvalue weighted by Gasteiger charge is 2.08. The summed E-state index contributed by atoms with van der Waals surface area (Å²) in [5.74, 6) is -1.50. The standard InChI is InChI=1S/C13H11F2N3O2/c1-20-13(19)11-4-5-12(18-17-11)16-7-8-2-3-9(14)6-10(8)15/h2-6H,7H2,1H3,(H,16,18). The van der Waals surface area contributed by atoms with Gasteiger partial charge in [-0.05, 0) is 18.2 Å². The lowest BCUT2D eigenvalue weighted by atomic mass is 10.2. The third-order valence-corrected chi connectivity index (χ3v) is 2.53. The molecule has 2 rings (SSSR count). The third-order valence-electron chi connectivity index (χ3n) is 2.53. The number of methoxy groups -OCH3 is 1. The minimum atomic E-state index is -0.642. The molecule has 2 aromatic rings. The van der Waals surface area contributed by atoms with Crippen molar-refractivity contribution in [1.82, 2.24) is 10.2 Å². The van der Waals surface area contributed by atoms with E-state index in [0.29, 0.717) is 11.4 Å². The first-order chi connectivity index (χ1) is 9.60. The minimum Gasteiger partial charge on any atom is -0.464 e. The smallest absolute Gasteiger partial charge is 0.358 e. The molecule has 104 valence electrons. The number of esters is 1. The van der Waals surface area contributed by atoms with E-state index < -0.39 is 17.6 Å². The summed E-state index contributed by atoms with van der Waals surface area (Å²) in [4.78, 5) is 11.2. The van der Waals surface area contributed by atoms with E-state index in [1.807, 2.05) is 0 Å². The molecule has 0 aliphatic heterocycles. The molecule has 0 aliphatic carbocycles. The van der Waals surface area contributed by atoms with Gasteiger partial charge in [0.2, 0.25) is 0 Å². The zero-order chi connectivity index (χ0) is 14.5. The molecule has 7 heteroatoms. The van der Waals surface area contributed by atoms with Gasteiger partial charge in [0, 0.05) is 18.2 Å². The Morgan fingerprint density at radius 2 is 2.05 bits per heavy atom. The summed E-state index contributed by atoms with van der Waals surface area (Å²) < 4.78 is 30.6. The summed E-state index contributed by atoms with van der Waals surface area (Å²) in [5, 5.41) is 10.2. The Kier molecular flexibility index (Phi) is 4.19. The van der Waals surface area contributed by atoms with Crippen LogP contribution in [0.5, 0.6) is 0 Å². The van der Waals surface area contributed by atoms with Crippen LogP contribution < -0.4 is 5.32 Å². The van der Waals surface area contributed by atoms with E-state index in [0.717, 1.165) is 6.07 Å². The number of aromatic nitrogens is 2. The van der Waals surface area contributed by atoms with Crippen molar-refractivity contribution in [3.63, 3.8) is 0 Å². The molecule has 0 saturated carbocycles. The van der Waals surface area contributed by atoms with Crippen molar-refractivity contribution in [2.45, 2.75) is 6.54 Å². The minimum absolute atomic E-state index is 0.0750. The summed E-state index contributed by atoms with van der Waals surface area (Å²) in [6.45, 7) is 0.123. The molecule has 0 amide bonds. The van der Waals surface area contributed by atoms with Crippen LogP contribution in [0.15, 0.2) is 30.3 Å². The van der Waals surface area contributed by atoms with Gasteiger partial charge in [0.1, 0.15) is 17.5 Å². The predicted octanol–water partition coefficient (Wildman–Crippen LogP) is 2.15. The average molecular weight is 279 g/mol. The molecule has 1 aromatic heterocycles.